The molecular formula is C18H36N2O. The Morgan fingerprint density at radius 2 is 1.71 bits per heavy atom. The lowest BCUT2D eigenvalue weighted by Crippen LogP contribution is -2.51. The van der Waals surface area contributed by atoms with Crippen LogP contribution in [-0.2, 0) is 0 Å². The van der Waals surface area contributed by atoms with Gasteiger partial charge >= 0.3 is 0 Å². The molecule has 124 valence electrons. The molecule has 2 N–H and O–H groups in total. The van der Waals surface area contributed by atoms with Crippen LogP contribution in [0.2, 0.25) is 0 Å². The molecule has 0 heterocycles. The highest BCUT2D eigenvalue weighted by Crippen LogP contribution is 2.39. The van der Waals surface area contributed by atoms with E-state index in [2.05, 4.69) is 38.0 Å². The minimum Gasteiger partial charge on any atom is -0.391 e. The summed E-state index contributed by atoms with van der Waals surface area (Å²) in [6, 6.07) is 0.380. The Balaban J connectivity index is 1.95. The number of aliphatic hydroxyl groups excluding tert-OH is 1. The Morgan fingerprint density at radius 3 is 2.29 bits per heavy atom. The second kappa shape index (κ2) is 6.97. The second-order valence-corrected chi connectivity index (χ2v) is 8.64. The smallest absolute Gasteiger partial charge is 0.0695 e. The fourth-order valence-corrected chi connectivity index (χ4v) is 4.22. The maximum atomic E-state index is 10.3. The molecule has 0 spiro atoms. The topological polar surface area (TPSA) is 35.5 Å². The molecule has 0 aromatic heterocycles. The summed E-state index contributed by atoms with van der Waals surface area (Å²) in [5.41, 5.74) is 0.609. The van der Waals surface area contributed by atoms with Crippen molar-refractivity contribution in [2.75, 3.05) is 20.1 Å². The molecule has 0 bridgehead atoms. The molecule has 2 atom stereocenters. The van der Waals surface area contributed by atoms with Crippen LogP contribution in [0.1, 0.15) is 72.1 Å². The van der Waals surface area contributed by atoms with Gasteiger partial charge in [-0.05, 0) is 58.9 Å². The van der Waals surface area contributed by atoms with Gasteiger partial charge in [-0.2, -0.15) is 0 Å². The van der Waals surface area contributed by atoms with Gasteiger partial charge in [0.15, 0.2) is 0 Å². The van der Waals surface area contributed by atoms with Gasteiger partial charge < -0.3 is 15.3 Å². The van der Waals surface area contributed by atoms with Crippen LogP contribution in [0.3, 0.4) is 0 Å². The zero-order valence-corrected chi connectivity index (χ0v) is 14.6. The number of hydrogen-bond donors (Lipinski definition) is 2. The minimum atomic E-state index is -0.113. The third kappa shape index (κ3) is 4.94. The Morgan fingerprint density at radius 1 is 1.10 bits per heavy atom. The minimum absolute atomic E-state index is 0.113. The molecule has 2 aliphatic carbocycles. The van der Waals surface area contributed by atoms with Gasteiger partial charge in [0.2, 0.25) is 0 Å². The van der Waals surface area contributed by atoms with Gasteiger partial charge in [0, 0.05) is 24.7 Å². The molecule has 2 saturated carbocycles. The van der Waals surface area contributed by atoms with Gasteiger partial charge in [0.1, 0.15) is 0 Å². The van der Waals surface area contributed by atoms with Gasteiger partial charge in [-0.1, -0.05) is 25.7 Å². The summed E-state index contributed by atoms with van der Waals surface area (Å²) in [5.74, 6) is 0. The lowest BCUT2D eigenvalue weighted by atomic mass is 9.83. The first kappa shape index (κ1) is 17.2. The number of likely N-dealkylation sites (N-methyl/N-ethyl adjacent to an activating group) is 1. The fraction of sp³-hybridized carbons (Fsp3) is 1.00. The molecular weight excluding hydrogens is 260 g/mol. The highest BCUT2D eigenvalue weighted by atomic mass is 16.3. The lowest BCUT2D eigenvalue weighted by Gasteiger charge is -2.42. The number of nitrogens with one attached hydrogen (secondary N) is 1. The van der Waals surface area contributed by atoms with Gasteiger partial charge in [0.05, 0.1) is 6.10 Å². The lowest BCUT2D eigenvalue weighted by molar-refractivity contribution is 0.0118. The van der Waals surface area contributed by atoms with E-state index in [1.165, 1.54) is 44.9 Å². The molecule has 0 amide bonds. The molecule has 3 nitrogen and oxygen atoms in total. The predicted octanol–water partition coefficient (Wildman–Crippen LogP) is 3.17. The third-order valence-corrected chi connectivity index (χ3v) is 5.50. The molecule has 0 aromatic carbocycles. The fourth-order valence-electron chi connectivity index (χ4n) is 4.22. The van der Waals surface area contributed by atoms with Crippen LogP contribution in [0.4, 0.5) is 0 Å². The van der Waals surface area contributed by atoms with Gasteiger partial charge in [0.25, 0.3) is 0 Å². The zero-order valence-electron chi connectivity index (χ0n) is 14.6. The summed E-state index contributed by atoms with van der Waals surface area (Å²) >= 11 is 0. The summed E-state index contributed by atoms with van der Waals surface area (Å²) in [6.07, 6.45) is 9.92. The van der Waals surface area contributed by atoms with Crippen molar-refractivity contribution in [1.29, 1.82) is 0 Å². The Kier molecular flexibility index (Phi) is 5.72. The highest BCUT2D eigenvalue weighted by molar-refractivity contribution is 4.93. The van der Waals surface area contributed by atoms with Crippen LogP contribution in [0.5, 0.6) is 0 Å². The van der Waals surface area contributed by atoms with E-state index in [9.17, 15) is 5.11 Å². The van der Waals surface area contributed by atoms with E-state index in [1.807, 2.05) is 0 Å². The largest absolute Gasteiger partial charge is 0.391 e. The first-order valence-electron chi connectivity index (χ1n) is 8.95. The Labute approximate surface area is 131 Å². The van der Waals surface area contributed by atoms with E-state index in [0.717, 1.165) is 19.5 Å². The number of aliphatic hydroxyl groups is 1. The van der Waals surface area contributed by atoms with Gasteiger partial charge in [-0.25, -0.2) is 0 Å². The van der Waals surface area contributed by atoms with Crippen LogP contribution in [0, 0.1) is 5.41 Å². The summed E-state index contributed by atoms with van der Waals surface area (Å²) in [5, 5.41) is 14.0. The molecule has 3 heteroatoms. The zero-order chi connectivity index (χ0) is 15.5. The maximum absolute atomic E-state index is 10.3. The van der Waals surface area contributed by atoms with E-state index in [0.29, 0.717) is 11.5 Å². The SMILES string of the molecule is CN(CC1(CNC(C)(C)C)CCCC1)C1CCCCC1O. The van der Waals surface area contributed by atoms with E-state index >= 15 is 0 Å². The molecule has 21 heavy (non-hydrogen) atoms. The number of rotatable bonds is 5. The first-order valence-corrected chi connectivity index (χ1v) is 8.95. The molecule has 0 radical (unpaired) electrons. The molecule has 2 rings (SSSR count). The molecule has 2 fully saturated rings. The van der Waals surface area contributed by atoms with Crippen molar-refractivity contribution in [2.24, 2.45) is 5.41 Å². The van der Waals surface area contributed by atoms with Crippen LogP contribution < -0.4 is 5.32 Å². The highest BCUT2D eigenvalue weighted by Gasteiger charge is 2.38. The first-order chi connectivity index (χ1) is 9.81. The van der Waals surface area contributed by atoms with Crippen molar-refractivity contribution in [3.8, 4) is 0 Å². The van der Waals surface area contributed by atoms with Crippen molar-refractivity contribution in [3.63, 3.8) is 0 Å². The van der Waals surface area contributed by atoms with Crippen molar-refractivity contribution in [3.05, 3.63) is 0 Å². The van der Waals surface area contributed by atoms with E-state index in [1.54, 1.807) is 0 Å². The monoisotopic (exact) mass is 296 g/mol. The molecule has 0 aliphatic heterocycles. The molecule has 0 aromatic rings. The van der Waals surface area contributed by atoms with Crippen molar-refractivity contribution in [1.82, 2.24) is 10.2 Å². The number of nitrogens with zero attached hydrogens (tertiary/aromatic N) is 1. The number of hydrogen-bond acceptors (Lipinski definition) is 3. The summed E-state index contributed by atoms with van der Waals surface area (Å²) in [6.45, 7) is 9.01. The Hall–Kier alpha value is -0.120. The molecule has 0 saturated heterocycles. The van der Waals surface area contributed by atoms with E-state index in [-0.39, 0.29) is 11.6 Å². The van der Waals surface area contributed by atoms with Crippen LogP contribution >= 0.6 is 0 Å². The van der Waals surface area contributed by atoms with Crippen molar-refractivity contribution in [2.45, 2.75) is 89.8 Å². The average Bonchev–Trinajstić information content (AvgIpc) is 2.85. The summed E-state index contributed by atoms with van der Waals surface area (Å²) in [7, 11) is 2.23. The van der Waals surface area contributed by atoms with Gasteiger partial charge in [-0.15, -0.1) is 0 Å². The van der Waals surface area contributed by atoms with Gasteiger partial charge in [-0.3, -0.25) is 0 Å². The van der Waals surface area contributed by atoms with Crippen molar-refractivity contribution < 1.29 is 5.11 Å². The van der Waals surface area contributed by atoms with Crippen LogP contribution in [0.25, 0.3) is 0 Å². The third-order valence-electron chi connectivity index (χ3n) is 5.50. The quantitative estimate of drug-likeness (QED) is 0.818. The van der Waals surface area contributed by atoms with Crippen LogP contribution in [0.15, 0.2) is 0 Å². The summed E-state index contributed by atoms with van der Waals surface area (Å²) in [4.78, 5) is 2.47. The normalized spacial score (nSPS) is 30.0. The van der Waals surface area contributed by atoms with Crippen molar-refractivity contribution >= 4 is 0 Å². The summed E-state index contributed by atoms with van der Waals surface area (Å²) < 4.78 is 0. The average molecular weight is 296 g/mol. The Bertz CT molecular complexity index is 318. The maximum Gasteiger partial charge on any atom is 0.0695 e. The molecule has 2 aliphatic rings. The second-order valence-electron chi connectivity index (χ2n) is 8.64. The van der Waals surface area contributed by atoms with E-state index in [4.69, 9.17) is 0 Å². The van der Waals surface area contributed by atoms with E-state index < -0.39 is 0 Å². The standard InChI is InChI=1S/C18H36N2O/c1-17(2,3)19-13-18(11-7-8-12-18)14-20(4)15-9-5-6-10-16(15)21/h15-16,19,21H,5-14H2,1-4H3. The van der Waals surface area contributed by atoms with Crippen LogP contribution in [-0.4, -0.2) is 47.8 Å². The molecule has 2 unspecified atom stereocenters. The predicted molar refractivity (Wildman–Crippen MR) is 89.5 cm³/mol.